The first-order valence-electron chi connectivity index (χ1n) is 11.2. The van der Waals surface area contributed by atoms with Crippen molar-refractivity contribution in [2.45, 2.75) is 77.2 Å². The second-order valence-corrected chi connectivity index (χ2v) is 9.69. The van der Waals surface area contributed by atoms with Gasteiger partial charge in [-0.05, 0) is 38.2 Å². The van der Waals surface area contributed by atoms with Gasteiger partial charge in [0.15, 0.2) is 0 Å². The maximum Gasteiger partial charge on any atom is 0.219 e. The van der Waals surface area contributed by atoms with Gasteiger partial charge in [0.25, 0.3) is 0 Å². The minimum Gasteiger partial charge on any atom is -0.336 e. The van der Waals surface area contributed by atoms with Gasteiger partial charge in [0, 0.05) is 62.2 Å². The molecule has 29 heavy (non-hydrogen) atoms. The molecular formula is C24H30N4O. The molecule has 152 valence electrons. The molecule has 2 aliphatic carbocycles. The summed E-state index contributed by atoms with van der Waals surface area (Å²) >= 11 is 0. The Kier molecular flexibility index (Phi) is 3.77. The van der Waals surface area contributed by atoms with E-state index in [1.54, 1.807) is 6.92 Å². The Morgan fingerprint density at radius 3 is 2.79 bits per heavy atom. The molecule has 1 spiro atoms. The van der Waals surface area contributed by atoms with Crippen molar-refractivity contribution in [2.24, 2.45) is 5.41 Å². The number of nitrogens with zero attached hydrogens (tertiary/aromatic N) is 4. The van der Waals surface area contributed by atoms with Crippen LogP contribution in [0, 0.1) is 12.3 Å². The highest BCUT2D eigenvalue weighted by Crippen LogP contribution is 2.67. The van der Waals surface area contributed by atoms with Gasteiger partial charge in [0.2, 0.25) is 5.91 Å². The minimum absolute atomic E-state index is 0.275. The summed E-state index contributed by atoms with van der Waals surface area (Å²) in [6.07, 6.45) is 5.95. The second-order valence-electron chi connectivity index (χ2n) is 9.69. The number of carbonyl (C=O) groups excluding carboxylic acids is 1. The largest absolute Gasteiger partial charge is 0.336 e. The van der Waals surface area contributed by atoms with Crippen LogP contribution in [0.1, 0.15) is 61.4 Å². The van der Waals surface area contributed by atoms with E-state index in [1.807, 2.05) is 0 Å². The highest BCUT2D eigenvalue weighted by molar-refractivity contribution is 5.76. The summed E-state index contributed by atoms with van der Waals surface area (Å²) in [6, 6.07) is 12.3. The van der Waals surface area contributed by atoms with Crippen molar-refractivity contribution >= 4 is 5.91 Å². The molecule has 1 saturated heterocycles. The van der Waals surface area contributed by atoms with Gasteiger partial charge in [-0.2, -0.15) is 0 Å². The Bertz CT molecular complexity index is 967. The number of amides is 1. The van der Waals surface area contributed by atoms with Crippen LogP contribution in [-0.2, 0) is 24.3 Å². The van der Waals surface area contributed by atoms with Crippen LogP contribution in [0.5, 0.6) is 0 Å². The fourth-order valence-electron chi connectivity index (χ4n) is 7.05. The predicted octanol–water partition coefficient (Wildman–Crippen LogP) is 3.46. The van der Waals surface area contributed by atoms with Crippen LogP contribution < -0.4 is 0 Å². The lowest BCUT2D eigenvalue weighted by Crippen LogP contribution is -2.75. The molecule has 0 radical (unpaired) electrons. The molecule has 5 heteroatoms. The van der Waals surface area contributed by atoms with Gasteiger partial charge in [-0.15, -0.1) is 0 Å². The Balaban J connectivity index is 1.23. The highest BCUT2D eigenvalue weighted by Gasteiger charge is 2.70. The SMILES string of the molecule is CC(=O)N1C2CCC23CC(n2c(C)nc4c2CCN(Cc2ccccc2)C4)CC13. The number of hydrogen-bond donors (Lipinski definition) is 0. The molecule has 2 aromatic rings. The average Bonchev–Trinajstić information content (AvgIpc) is 3.22. The molecule has 6 rings (SSSR count). The van der Waals surface area contributed by atoms with Crippen molar-refractivity contribution in [1.82, 2.24) is 19.4 Å². The lowest BCUT2D eigenvalue weighted by atomic mass is 9.53. The van der Waals surface area contributed by atoms with Crippen LogP contribution in [0.2, 0.25) is 0 Å². The molecule has 1 amide bonds. The first-order chi connectivity index (χ1) is 14.1. The predicted molar refractivity (Wildman–Crippen MR) is 111 cm³/mol. The number of piperidine rings is 1. The topological polar surface area (TPSA) is 41.4 Å². The van der Waals surface area contributed by atoms with E-state index < -0.39 is 0 Å². The number of benzene rings is 1. The summed E-state index contributed by atoms with van der Waals surface area (Å²) in [5.74, 6) is 1.45. The summed E-state index contributed by atoms with van der Waals surface area (Å²) in [6.45, 7) is 6.97. The molecule has 0 N–H and O–H groups in total. The Labute approximate surface area is 172 Å². The normalized spacial score (nSPS) is 32.8. The third-order valence-electron chi connectivity index (χ3n) is 8.28. The zero-order valence-electron chi connectivity index (χ0n) is 17.5. The molecule has 3 fully saturated rings. The minimum atomic E-state index is 0.275. The van der Waals surface area contributed by atoms with Gasteiger partial charge in [-0.25, -0.2) is 4.98 Å². The first kappa shape index (κ1) is 17.7. The van der Waals surface area contributed by atoms with Gasteiger partial charge >= 0.3 is 0 Å². The molecule has 4 unspecified atom stereocenters. The van der Waals surface area contributed by atoms with Crippen LogP contribution in [0.15, 0.2) is 30.3 Å². The number of rotatable bonds is 3. The molecule has 1 aromatic carbocycles. The Hall–Kier alpha value is -2.14. The van der Waals surface area contributed by atoms with Crippen LogP contribution in [0.4, 0.5) is 0 Å². The number of aromatic nitrogens is 2. The molecule has 0 bridgehead atoms. The van der Waals surface area contributed by atoms with Crippen LogP contribution in [-0.4, -0.2) is 43.9 Å². The number of fused-ring (bicyclic) bond motifs is 1. The molecular weight excluding hydrogens is 360 g/mol. The number of hydrogen-bond acceptors (Lipinski definition) is 3. The van der Waals surface area contributed by atoms with E-state index in [-0.39, 0.29) is 5.91 Å². The highest BCUT2D eigenvalue weighted by atomic mass is 16.2. The Morgan fingerprint density at radius 2 is 2.07 bits per heavy atom. The fourth-order valence-corrected chi connectivity index (χ4v) is 7.05. The van der Waals surface area contributed by atoms with Crippen molar-refractivity contribution in [2.75, 3.05) is 6.54 Å². The first-order valence-corrected chi connectivity index (χ1v) is 11.2. The van der Waals surface area contributed by atoms with Gasteiger partial charge in [0.05, 0.1) is 5.69 Å². The average molecular weight is 391 g/mol. The van der Waals surface area contributed by atoms with E-state index in [0.29, 0.717) is 23.5 Å². The van der Waals surface area contributed by atoms with Crippen molar-refractivity contribution < 1.29 is 4.79 Å². The lowest BCUT2D eigenvalue weighted by Gasteiger charge is -2.68. The monoisotopic (exact) mass is 390 g/mol. The van der Waals surface area contributed by atoms with Gasteiger partial charge in [-0.1, -0.05) is 30.3 Å². The number of aryl methyl sites for hydroxylation is 1. The lowest BCUT2D eigenvalue weighted by molar-refractivity contribution is -0.196. The van der Waals surface area contributed by atoms with Crippen LogP contribution >= 0.6 is 0 Å². The third kappa shape index (κ3) is 2.43. The molecule has 4 atom stereocenters. The van der Waals surface area contributed by atoms with Crippen LogP contribution in [0.25, 0.3) is 0 Å². The van der Waals surface area contributed by atoms with Gasteiger partial charge < -0.3 is 9.47 Å². The maximum atomic E-state index is 12.1. The summed E-state index contributed by atoms with van der Waals surface area (Å²) in [7, 11) is 0. The van der Waals surface area contributed by atoms with E-state index in [4.69, 9.17) is 4.98 Å². The summed E-state index contributed by atoms with van der Waals surface area (Å²) in [5, 5.41) is 0. The molecule has 3 heterocycles. The molecule has 2 aliphatic heterocycles. The molecule has 1 aromatic heterocycles. The Morgan fingerprint density at radius 1 is 1.24 bits per heavy atom. The second kappa shape index (κ2) is 6.18. The smallest absolute Gasteiger partial charge is 0.219 e. The van der Waals surface area contributed by atoms with E-state index in [2.05, 4.69) is 51.6 Å². The summed E-state index contributed by atoms with van der Waals surface area (Å²) in [5.41, 5.74) is 4.53. The maximum absolute atomic E-state index is 12.1. The van der Waals surface area contributed by atoms with E-state index >= 15 is 0 Å². The van der Waals surface area contributed by atoms with Gasteiger partial charge in [0.1, 0.15) is 5.82 Å². The standard InChI is InChI=1S/C24H30N4O/c1-16-25-20-15-26(14-18-6-4-3-5-7-18)11-9-21(20)27(16)19-12-23-24(13-19)10-8-22(24)28(23)17(2)29/h3-7,19,22-23H,8-15H2,1-2H3. The number of carbonyl (C=O) groups is 1. The zero-order chi connectivity index (χ0) is 19.8. The summed E-state index contributed by atoms with van der Waals surface area (Å²) < 4.78 is 2.57. The van der Waals surface area contributed by atoms with Crippen LogP contribution in [0.3, 0.4) is 0 Å². The summed E-state index contributed by atoms with van der Waals surface area (Å²) in [4.78, 5) is 21.9. The van der Waals surface area contributed by atoms with Crippen molar-refractivity contribution in [3.8, 4) is 0 Å². The fraction of sp³-hybridized carbons (Fsp3) is 0.583. The number of likely N-dealkylation sites (tertiary alicyclic amines) is 1. The third-order valence-corrected chi connectivity index (χ3v) is 8.28. The molecule has 4 aliphatic rings. The van der Waals surface area contributed by atoms with E-state index in [0.717, 1.165) is 32.5 Å². The van der Waals surface area contributed by atoms with E-state index in [9.17, 15) is 4.79 Å². The quantitative estimate of drug-likeness (QED) is 0.806. The molecule has 2 saturated carbocycles. The number of imidazole rings is 1. The van der Waals surface area contributed by atoms with Crippen molar-refractivity contribution in [3.05, 3.63) is 53.1 Å². The van der Waals surface area contributed by atoms with Crippen molar-refractivity contribution in [1.29, 1.82) is 0 Å². The van der Waals surface area contributed by atoms with Gasteiger partial charge in [-0.3, -0.25) is 9.69 Å². The zero-order valence-corrected chi connectivity index (χ0v) is 17.5. The molecule has 5 nitrogen and oxygen atoms in total. The van der Waals surface area contributed by atoms with Crippen molar-refractivity contribution in [3.63, 3.8) is 0 Å². The van der Waals surface area contributed by atoms with E-state index in [1.165, 1.54) is 42.0 Å².